The zero-order valence-electron chi connectivity index (χ0n) is 15.1. The molecule has 1 fully saturated rings. The smallest absolute Gasteiger partial charge is 0.255 e. The number of likely N-dealkylation sites (tertiary alicyclic amines) is 1. The van der Waals surface area contributed by atoms with E-state index in [2.05, 4.69) is 12.2 Å². The van der Waals surface area contributed by atoms with E-state index in [-0.39, 0.29) is 24.4 Å². The molecule has 1 aliphatic rings. The quantitative estimate of drug-likeness (QED) is 0.731. The van der Waals surface area contributed by atoms with Gasteiger partial charge in [-0.05, 0) is 24.5 Å². The van der Waals surface area contributed by atoms with E-state index in [1.54, 1.807) is 18.2 Å². The average molecular weight is 349 g/mol. The van der Waals surface area contributed by atoms with Gasteiger partial charge < -0.3 is 20.5 Å². The van der Waals surface area contributed by atoms with Crippen LogP contribution in [0.15, 0.2) is 18.2 Å². The van der Waals surface area contributed by atoms with Crippen LogP contribution in [0.1, 0.15) is 30.1 Å². The van der Waals surface area contributed by atoms with Crippen LogP contribution in [0.3, 0.4) is 0 Å². The van der Waals surface area contributed by atoms with Crippen LogP contribution >= 0.6 is 0 Å². The summed E-state index contributed by atoms with van der Waals surface area (Å²) in [5.41, 5.74) is 5.74. The topological polar surface area (TPSA) is 93.9 Å². The fourth-order valence-electron chi connectivity index (χ4n) is 3.45. The minimum absolute atomic E-state index is 0.0253. The second kappa shape index (κ2) is 8.71. The molecule has 0 saturated carbocycles. The highest BCUT2D eigenvalue weighted by molar-refractivity contribution is 5.98. The van der Waals surface area contributed by atoms with E-state index in [9.17, 15) is 9.59 Å². The van der Waals surface area contributed by atoms with Gasteiger partial charge in [0.05, 0.1) is 26.3 Å². The molecular formula is C18H27N3O4. The van der Waals surface area contributed by atoms with Crippen LogP contribution in [0.4, 0.5) is 0 Å². The Bertz CT molecular complexity index is 620. The van der Waals surface area contributed by atoms with Gasteiger partial charge in [-0.15, -0.1) is 0 Å². The Hall–Kier alpha value is -2.28. The number of rotatable bonds is 8. The molecule has 0 bridgehead atoms. The number of carbonyl (C=O) groups excluding carboxylic acids is 2. The van der Waals surface area contributed by atoms with Crippen molar-refractivity contribution in [2.24, 2.45) is 11.7 Å². The lowest BCUT2D eigenvalue weighted by Gasteiger charge is -2.20. The number of hydrogen-bond acceptors (Lipinski definition) is 5. The molecule has 1 saturated heterocycles. The second-order valence-corrected chi connectivity index (χ2v) is 6.33. The summed E-state index contributed by atoms with van der Waals surface area (Å²) in [5, 5.41) is 3.09. The molecule has 1 aromatic carbocycles. The van der Waals surface area contributed by atoms with Gasteiger partial charge in [-0.2, -0.15) is 0 Å². The molecule has 2 rings (SSSR count). The maximum Gasteiger partial charge on any atom is 0.255 e. The Morgan fingerprint density at radius 2 is 2.04 bits per heavy atom. The van der Waals surface area contributed by atoms with Gasteiger partial charge >= 0.3 is 0 Å². The van der Waals surface area contributed by atoms with Gasteiger partial charge in [0, 0.05) is 19.1 Å². The van der Waals surface area contributed by atoms with Crippen molar-refractivity contribution in [3.8, 4) is 11.5 Å². The molecule has 0 spiro atoms. The van der Waals surface area contributed by atoms with Crippen molar-refractivity contribution < 1.29 is 19.1 Å². The van der Waals surface area contributed by atoms with Crippen LogP contribution in [0.2, 0.25) is 0 Å². The predicted molar refractivity (Wildman–Crippen MR) is 94.8 cm³/mol. The largest absolute Gasteiger partial charge is 0.493 e. The molecule has 0 unspecified atom stereocenters. The molecule has 1 aliphatic heterocycles. The number of para-hydroxylation sites is 1. The number of nitrogens with two attached hydrogens (primary N) is 1. The predicted octanol–water partition coefficient (Wildman–Crippen LogP) is 1.02. The van der Waals surface area contributed by atoms with Crippen LogP contribution < -0.4 is 20.5 Å². The first-order chi connectivity index (χ1) is 12.0. The van der Waals surface area contributed by atoms with Gasteiger partial charge in [0.1, 0.15) is 0 Å². The van der Waals surface area contributed by atoms with Crippen molar-refractivity contribution in [2.75, 3.05) is 33.9 Å². The maximum absolute atomic E-state index is 12.8. The molecule has 1 heterocycles. The Morgan fingerprint density at radius 1 is 1.28 bits per heavy atom. The van der Waals surface area contributed by atoms with Crippen LogP contribution in [-0.4, -0.2) is 56.6 Å². The first-order valence-corrected chi connectivity index (χ1v) is 8.52. The zero-order chi connectivity index (χ0) is 18.4. The SMILES string of the molecule is CCC[C@H]1CN(CC(N)=O)C[C@@H]1NC(=O)c1cccc(OC)c1OC. The Kier molecular flexibility index (Phi) is 6.64. The number of primary amides is 1. The average Bonchev–Trinajstić information content (AvgIpc) is 2.94. The number of nitrogens with one attached hydrogen (secondary N) is 1. The first kappa shape index (κ1) is 19.1. The molecule has 0 aliphatic carbocycles. The molecule has 7 heteroatoms. The van der Waals surface area contributed by atoms with Gasteiger partial charge in [0.25, 0.3) is 5.91 Å². The first-order valence-electron chi connectivity index (χ1n) is 8.52. The third-order valence-corrected chi connectivity index (χ3v) is 4.52. The van der Waals surface area contributed by atoms with Crippen molar-refractivity contribution in [1.82, 2.24) is 10.2 Å². The molecule has 3 N–H and O–H groups in total. The molecule has 7 nitrogen and oxygen atoms in total. The summed E-state index contributed by atoms with van der Waals surface area (Å²) in [7, 11) is 3.05. The molecule has 138 valence electrons. The van der Waals surface area contributed by atoms with E-state index < -0.39 is 0 Å². The minimum Gasteiger partial charge on any atom is -0.493 e. The summed E-state index contributed by atoms with van der Waals surface area (Å²) in [6.07, 6.45) is 2.00. The van der Waals surface area contributed by atoms with Gasteiger partial charge in [-0.1, -0.05) is 19.4 Å². The molecule has 25 heavy (non-hydrogen) atoms. The standard InChI is InChI=1S/C18H27N3O4/c1-4-6-12-9-21(11-16(19)22)10-14(12)20-18(23)13-7-5-8-15(24-2)17(13)25-3/h5,7-8,12,14H,4,6,9-11H2,1-3H3,(H2,19,22)(H,20,23)/t12-,14-/m0/s1. The number of benzene rings is 1. The van der Waals surface area contributed by atoms with Gasteiger partial charge in [0.2, 0.25) is 5.91 Å². The summed E-state index contributed by atoms with van der Waals surface area (Å²) >= 11 is 0. The van der Waals surface area contributed by atoms with Gasteiger partial charge in [-0.3, -0.25) is 14.5 Å². The van der Waals surface area contributed by atoms with Gasteiger partial charge in [-0.25, -0.2) is 0 Å². The van der Waals surface area contributed by atoms with E-state index in [0.717, 1.165) is 19.4 Å². The van der Waals surface area contributed by atoms with E-state index >= 15 is 0 Å². The third-order valence-electron chi connectivity index (χ3n) is 4.52. The Morgan fingerprint density at radius 3 is 2.64 bits per heavy atom. The van der Waals surface area contributed by atoms with Crippen molar-refractivity contribution >= 4 is 11.8 Å². The highest BCUT2D eigenvalue weighted by atomic mass is 16.5. The van der Waals surface area contributed by atoms with Gasteiger partial charge in [0.15, 0.2) is 11.5 Å². The summed E-state index contributed by atoms with van der Waals surface area (Å²) in [6.45, 7) is 3.71. The summed E-state index contributed by atoms with van der Waals surface area (Å²) in [6, 6.07) is 5.19. The number of hydrogen-bond donors (Lipinski definition) is 2. The van der Waals surface area contributed by atoms with E-state index in [1.807, 2.05) is 4.90 Å². The highest BCUT2D eigenvalue weighted by Crippen LogP contribution is 2.31. The van der Waals surface area contributed by atoms with Crippen LogP contribution in [0.5, 0.6) is 11.5 Å². The highest BCUT2D eigenvalue weighted by Gasteiger charge is 2.34. The van der Waals surface area contributed by atoms with E-state index in [0.29, 0.717) is 29.5 Å². The third kappa shape index (κ3) is 4.63. The van der Waals surface area contributed by atoms with Crippen molar-refractivity contribution in [3.05, 3.63) is 23.8 Å². The fourth-order valence-corrected chi connectivity index (χ4v) is 3.45. The lowest BCUT2D eigenvalue weighted by molar-refractivity contribution is -0.118. The van der Waals surface area contributed by atoms with E-state index in [4.69, 9.17) is 15.2 Å². The number of nitrogens with zero attached hydrogens (tertiary/aromatic N) is 1. The molecule has 2 atom stereocenters. The summed E-state index contributed by atoms with van der Waals surface area (Å²) < 4.78 is 10.6. The Labute approximate surface area is 148 Å². The zero-order valence-corrected chi connectivity index (χ0v) is 15.1. The number of amides is 2. The molecular weight excluding hydrogens is 322 g/mol. The summed E-state index contributed by atoms with van der Waals surface area (Å²) in [5.74, 6) is 0.674. The van der Waals surface area contributed by atoms with Crippen LogP contribution in [0, 0.1) is 5.92 Å². The van der Waals surface area contributed by atoms with Crippen molar-refractivity contribution in [3.63, 3.8) is 0 Å². The second-order valence-electron chi connectivity index (χ2n) is 6.33. The Balaban J connectivity index is 2.14. The van der Waals surface area contributed by atoms with Crippen LogP contribution in [-0.2, 0) is 4.79 Å². The molecule has 0 radical (unpaired) electrons. The van der Waals surface area contributed by atoms with E-state index in [1.165, 1.54) is 14.2 Å². The number of carbonyl (C=O) groups is 2. The maximum atomic E-state index is 12.8. The van der Waals surface area contributed by atoms with Crippen molar-refractivity contribution in [1.29, 1.82) is 0 Å². The fraction of sp³-hybridized carbons (Fsp3) is 0.556. The number of ether oxygens (including phenoxy) is 2. The van der Waals surface area contributed by atoms with Crippen LogP contribution in [0.25, 0.3) is 0 Å². The molecule has 2 amide bonds. The number of methoxy groups -OCH3 is 2. The normalized spacial score (nSPS) is 20.3. The monoisotopic (exact) mass is 349 g/mol. The molecule has 0 aromatic heterocycles. The van der Waals surface area contributed by atoms with Crippen molar-refractivity contribution in [2.45, 2.75) is 25.8 Å². The molecule has 1 aromatic rings. The minimum atomic E-state index is -0.350. The lowest BCUT2D eigenvalue weighted by atomic mass is 9.98. The summed E-state index contributed by atoms with van der Waals surface area (Å²) in [4.78, 5) is 26.0. The lowest BCUT2D eigenvalue weighted by Crippen LogP contribution is -2.41.